The van der Waals surface area contributed by atoms with Gasteiger partial charge in [-0.2, -0.15) is 0 Å². The van der Waals surface area contributed by atoms with Gasteiger partial charge in [0.15, 0.2) is 0 Å². The van der Waals surface area contributed by atoms with E-state index in [4.69, 9.17) is 4.74 Å². The summed E-state index contributed by atoms with van der Waals surface area (Å²) in [5.74, 6) is 2.32. The van der Waals surface area contributed by atoms with Gasteiger partial charge in [0.1, 0.15) is 18.0 Å². The number of hydrogen-bond acceptors (Lipinski definition) is 7. The van der Waals surface area contributed by atoms with Gasteiger partial charge in [0, 0.05) is 51.6 Å². The summed E-state index contributed by atoms with van der Waals surface area (Å²) in [6.45, 7) is 2.73. The van der Waals surface area contributed by atoms with E-state index in [9.17, 15) is 8.42 Å². The molecule has 0 bridgehead atoms. The van der Waals surface area contributed by atoms with Crippen molar-refractivity contribution in [3.05, 3.63) is 12.4 Å². The largest absolute Gasteiger partial charge is 0.376 e. The number of anilines is 2. The lowest BCUT2D eigenvalue weighted by molar-refractivity contribution is 0.111. The van der Waals surface area contributed by atoms with E-state index in [2.05, 4.69) is 19.6 Å². The average molecular weight is 367 g/mol. The van der Waals surface area contributed by atoms with Crippen molar-refractivity contribution in [2.45, 2.75) is 24.2 Å². The second kappa shape index (κ2) is 6.37. The van der Waals surface area contributed by atoms with Gasteiger partial charge in [-0.3, -0.25) is 0 Å². The lowest BCUT2D eigenvalue weighted by atomic mass is 9.93. The van der Waals surface area contributed by atoms with Crippen LogP contribution in [0, 0.1) is 11.8 Å². The predicted octanol–water partition coefficient (Wildman–Crippen LogP) is 0.0756. The second-order valence-electron chi connectivity index (χ2n) is 7.42. The summed E-state index contributed by atoms with van der Waals surface area (Å²) in [6, 6.07) is 1.98. The van der Waals surface area contributed by atoms with Crippen molar-refractivity contribution in [3.8, 4) is 0 Å². The Morgan fingerprint density at radius 1 is 1.32 bits per heavy atom. The maximum absolute atomic E-state index is 12.0. The first-order valence-corrected chi connectivity index (χ1v) is 10.3. The smallest absolute Gasteiger partial charge is 0.214 e. The number of hydrogen-bond donors (Lipinski definition) is 1. The molecule has 0 aromatic carbocycles. The maximum Gasteiger partial charge on any atom is 0.214 e. The lowest BCUT2D eigenvalue weighted by Crippen LogP contribution is -2.36. The van der Waals surface area contributed by atoms with Crippen molar-refractivity contribution in [2.24, 2.45) is 11.8 Å². The summed E-state index contributed by atoms with van der Waals surface area (Å²) >= 11 is 0. The maximum atomic E-state index is 12.0. The van der Waals surface area contributed by atoms with Crippen LogP contribution >= 0.6 is 0 Å². The highest BCUT2D eigenvalue weighted by Crippen LogP contribution is 2.36. The Hall–Kier alpha value is -1.45. The zero-order valence-corrected chi connectivity index (χ0v) is 15.4. The molecular weight excluding hydrogens is 342 g/mol. The minimum absolute atomic E-state index is 0.146. The van der Waals surface area contributed by atoms with Gasteiger partial charge in [0.25, 0.3) is 0 Å². The minimum atomic E-state index is -3.13. The van der Waals surface area contributed by atoms with Crippen LogP contribution in [0.5, 0.6) is 0 Å². The van der Waals surface area contributed by atoms with Crippen LogP contribution in [0.15, 0.2) is 12.4 Å². The SMILES string of the molecule is CN(C)c1cc(N2C[C@@H]3[C@@H](CNS(=O)(=O)C4CC4)CO[C@@H]3C2)ncn1. The molecule has 1 N–H and O–H groups in total. The van der Waals surface area contributed by atoms with E-state index in [0.29, 0.717) is 19.1 Å². The summed E-state index contributed by atoms with van der Waals surface area (Å²) in [4.78, 5) is 12.8. The number of ether oxygens (including phenoxy) is 1. The molecule has 25 heavy (non-hydrogen) atoms. The van der Waals surface area contributed by atoms with Crippen LogP contribution in [0.3, 0.4) is 0 Å². The van der Waals surface area contributed by atoms with E-state index in [1.54, 1.807) is 6.33 Å². The molecule has 1 aromatic heterocycles. The topological polar surface area (TPSA) is 87.7 Å². The predicted molar refractivity (Wildman–Crippen MR) is 95.2 cm³/mol. The molecule has 1 aromatic rings. The zero-order valence-electron chi connectivity index (χ0n) is 14.6. The van der Waals surface area contributed by atoms with Crippen molar-refractivity contribution in [2.75, 3.05) is 50.1 Å². The Bertz CT molecular complexity index is 737. The van der Waals surface area contributed by atoms with Gasteiger partial charge < -0.3 is 14.5 Å². The standard InChI is InChI=1S/C16H25N5O3S/c1-20(2)15-5-16(18-10-17-15)21-7-13-11(9-24-14(13)8-21)6-19-25(22,23)12-3-4-12/h5,10-14,19H,3-4,6-9H2,1-2H3/t11-,13+,14+/m0/s1. The van der Waals surface area contributed by atoms with E-state index in [-0.39, 0.29) is 17.3 Å². The molecule has 3 atom stereocenters. The molecule has 4 rings (SSSR count). The molecule has 2 aliphatic heterocycles. The van der Waals surface area contributed by atoms with Gasteiger partial charge in [-0.1, -0.05) is 0 Å². The minimum Gasteiger partial charge on any atom is -0.376 e. The number of aromatic nitrogens is 2. The fourth-order valence-corrected chi connectivity index (χ4v) is 5.11. The molecular formula is C16H25N5O3S. The molecule has 0 radical (unpaired) electrons. The van der Waals surface area contributed by atoms with Gasteiger partial charge in [-0.15, -0.1) is 0 Å². The molecule has 9 heteroatoms. The molecule has 0 spiro atoms. The monoisotopic (exact) mass is 367 g/mol. The Kier molecular flexibility index (Phi) is 4.33. The summed E-state index contributed by atoms with van der Waals surface area (Å²) in [5, 5.41) is -0.170. The highest BCUT2D eigenvalue weighted by molar-refractivity contribution is 7.90. The van der Waals surface area contributed by atoms with Crippen LogP contribution in [0.25, 0.3) is 0 Å². The van der Waals surface area contributed by atoms with Crippen molar-refractivity contribution < 1.29 is 13.2 Å². The van der Waals surface area contributed by atoms with Gasteiger partial charge in [0.2, 0.25) is 10.0 Å². The van der Waals surface area contributed by atoms with Crippen molar-refractivity contribution in [1.29, 1.82) is 0 Å². The molecule has 1 saturated carbocycles. The van der Waals surface area contributed by atoms with E-state index in [1.807, 2.05) is 25.1 Å². The normalized spacial score (nSPS) is 29.0. The average Bonchev–Trinajstić information content (AvgIpc) is 3.26. The Labute approximate surface area is 148 Å². The van der Waals surface area contributed by atoms with Crippen molar-refractivity contribution >= 4 is 21.7 Å². The summed E-state index contributed by atoms with van der Waals surface area (Å²) in [7, 11) is 0.779. The summed E-state index contributed by atoms with van der Waals surface area (Å²) < 4.78 is 32.8. The fourth-order valence-electron chi connectivity index (χ4n) is 3.67. The van der Waals surface area contributed by atoms with Gasteiger partial charge in [-0.25, -0.2) is 23.1 Å². The first-order chi connectivity index (χ1) is 11.9. The molecule has 0 amide bonds. The Balaban J connectivity index is 1.40. The number of rotatable bonds is 6. The van der Waals surface area contributed by atoms with Crippen LogP contribution in [0.2, 0.25) is 0 Å². The third-order valence-corrected chi connectivity index (χ3v) is 7.29. The summed E-state index contributed by atoms with van der Waals surface area (Å²) in [6.07, 6.45) is 3.31. The molecule has 138 valence electrons. The van der Waals surface area contributed by atoms with E-state index in [0.717, 1.165) is 37.6 Å². The van der Waals surface area contributed by atoms with E-state index >= 15 is 0 Å². The van der Waals surface area contributed by atoms with Crippen LogP contribution in [-0.4, -0.2) is 70.1 Å². The molecule has 0 unspecified atom stereocenters. The van der Waals surface area contributed by atoms with Crippen LogP contribution in [0.4, 0.5) is 11.6 Å². The van der Waals surface area contributed by atoms with Crippen LogP contribution in [-0.2, 0) is 14.8 Å². The number of sulfonamides is 1. The van der Waals surface area contributed by atoms with Gasteiger partial charge >= 0.3 is 0 Å². The quantitative estimate of drug-likeness (QED) is 0.761. The van der Waals surface area contributed by atoms with E-state index in [1.165, 1.54) is 0 Å². The second-order valence-corrected chi connectivity index (χ2v) is 9.47. The number of fused-ring (bicyclic) bond motifs is 1. The number of nitrogens with zero attached hydrogens (tertiary/aromatic N) is 4. The third kappa shape index (κ3) is 3.45. The molecule has 3 aliphatic rings. The molecule has 8 nitrogen and oxygen atoms in total. The van der Waals surface area contributed by atoms with Crippen molar-refractivity contribution in [1.82, 2.24) is 14.7 Å². The van der Waals surface area contributed by atoms with E-state index < -0.39 is 10.0 Å². The Morgan fingerprint density at radius 3 is 2.84 bits per heavy atom. The molecule has 3 fully saturated rings. The van der Waals surface area contributed by atoms with Crippen molar-refractivity contribution in [3.63, 3.8) is 0 Å². The van der Waals surface area contributed by atoms with Gasteiger partial charge in [-0.05, 0) is 12.8 Å². The number of nitrogens with one attached hydrogen (secondary N) is 1. The van der Waals surface area contributed by atoms with Crippen LogP contribution in [0.1, 0.15) is 12.8 Å². The first-order valence-electron chi connectivity index (χ1n) is 8.78. The van der Waals surface area contributed by atoms with Crippen LogP contribution < -0.4 is 14.5 Å². The highest BCUT2D eigenvalue weighted by atomic mass is 32.2. The lowest BCUT2D eigenvalue weighted by Gasteiger charge is -2.22. The van der Waals surface area contributed by atoms with Gasteiger partial charge in [0.05, 0.1) is 18.0 Å². The third-order valence-electron chi connectivity index (χ3n) is 5.37. The summed E-state index contributed by atoms with van der Waals surface area (Å²) in [5.41, 5.74) is 0. The first kappa shape index (κ1) is 17.0. The molecule has 3 heterocycles. The molecule has 2 saturated heterocycles. The highest BCUT2D eigenvalue weighted by Gasteiger charge is 2.45. The Morgan fingerprint density at radius 2 is 2.12 bits per heavy atom. The zero-order chi connectivity index (χ0) is 17.6. The fraction of sp³-hybridized carbons (Fsp3) is 0.750. The molecule has 1 aliphatic carbocycles.